The zero-order chi connectivity index (χ0) is 18.2. The summed E-state index contributed by atoms with van der Waals surface area (Å²) in [5.74, 6) is 0.639. The Hall–Kier alpha value is -1.58. The third kappa shape index (κ3) is 10.8. The zero-order valence-corrected chi connectivity index (χ0v) is 18.2. The molecule has 142 valence electrons. The van der Waals surface area contributed by atoms with E-state index in [2.05, 4.69) is 25.9 Å². The zero-order valence-electron chi connectivity index (χ0n) is 15.8. The van der Waals surface area contributed by atoms with Gasteiger partial charge in [-0.1, -0.05) is 6.07 Å². The van der Waals surface area contributed by atoms with Crippen LogP contribution in [0.1, 0.15) is 40.3 Å². The van der Waals surface area contributed by atoms with Crippen LogP contribution < -0.4 is 16.0 Å². The van der Waals surface area contributed by atoms with Crippen LogP contribution in [-0.4, -0.2) is 41.8 Å². The molecule has 0 unspecified atom stereocenters. The molecule has 8 heteroatoms. The Labute approximate surface area is 167 Å². The number of rotatable bonds is 5. The Balaban J connectivity index is 0.00000576. The average molecular weight is 463 g/mol. The summed E-state index contributed by atoms with van der Waals surface area (Å²) in [5.41, 5.74) is -0.0923. The lowest BCUT2D eigenvalue weighted by Gasteiger charge is -2.29. The molecule has 1 rings (SSSR count). The summed E-state index contributed by atoms with van der Waals surface area (Å²) in [6.07, 6.45) is 1.31. The highest BCUT2D eigenvalue weighted by atomic mass is 127. The molecule has 0 saturated carbocycles. The average Bonchev–Trinajstić information content (AvgIpc) is 2.45. The van der Waals surface area contributed by atoms with E-state index in [-0.39, 0.29) is 24.0 Å². The van der Waals surface area contributed by atoms with Crippen LogP contribution in [0.4, 0.5) is 4.79 Å². The first kappa shape index (κ1) is 23.4. The number of pyridine rings is 1. The highest BCUT2D eigenvalue weighted by Gasteiger charge is 2.24. The van der Waals surface area contributed by atoms with E-state index in [4.69, 9.17) is 4.74 Å². The third-order valence-corrected chi connectivity index (χ3v) is 2.92. The second kappa shape index (κ2) is 10.4. The van der Waals surface area contributed by atoms with E-state index >= 15 is 0 Å². The largest absolute Gasteiger partial charge is 0.444 e. The van der Waals surface area contributed by atoms with Gasteiger partial charge in [0.05, 0.1) is 17.8 Å². The summed E-state index contributed by atoms with van der Waals surface area (Å²) in [7, 11) is 1.70. The number of carbonyl (C=O) groups excluding carboxylic acids is 1. The number of nitrogens with one attached hydrogen (secondary N) is 3. The second-order valence-electron chi connectivity index (χ2n) is 7.11. The van der Waals surface area contributed by atoms with Gasteiger partial charge in [0, 0.05) is 19.8 Å². The lowest BCUT2D eigenvalue weighted by Crippen LogP contribution is -2.54. The van der Waals surface area contributed by atoms with Gasteiger partial charge in [-0.05, 0) is 46.8 Å². The van der Waals surface area contributed by atoms with Crippen LogP contribution in [0.25, 0.3) is 0 Å². The number of halogens is 1. The number of guanidine groups is 1. The third-order valence-electron chi connectivity index (χ3n) is 2.92. The fraction of sp³-hybridized carbons (Fsp3) is 0.588. The van der Waals surface area contributed by atoms with Gasteiger partial charge < -0.3 is 20.7 Å². The number of alkyl carbamates (subject to hydrolysis) is 1. The van der Waals surface area contributed by atoms with Crippen LogP contribution in [-0.2, 0) is 11.3 Å². The van der Waals surface area contributed by atoms with Crippen LogP contribution in [0.15, 0.2) is 29.4 Å². The molecule has 1 amide bonds. The number of hydrogen-bond donors (Lipinski definition) is 3. The smallest absolute Gasteiger partial charge is 0.408 e. The molecule has 0 fully saturated rings. The summed E-state index contributed by atoms with van der Waals surface area (Å²) in [4.78, 5) is 20.3. The summed E-state index contributed by atoms with van der Waals surface area (Å²) in [6, 6.07) is 5.75. The molecule has 0 aromatic carbocycles. The Bertz CT molecular complexity index is 556. The predicted molar refractivity (Wildman–Crippen MR) is 111 cm³/mol. The first-order valence-corrected chi connectivity index (χ1v) is 7.97. The number of amides is 1. The first-order valence-electron chi connectivity index (χ1n) is 7.97. The molecular formula is C17H30IN5O2. The standard InChI is InChI=1S/C17H29N5O2.HI/c1-16(2,3)24-15(23)22-17(4,5)12-21-14(18-6)20-11-13-9-7-8-10-19-13;/h7-10H,11-12H2,1-6H3,(H,22,23)(H2,18,20,21);1H. The normalized spacial score (nSPS) is 12.0. The van der Waals surface area contributed by atoms with Crippen LogP contribution in [0.5, 0.6) is 0 Å². The molecule has 7 nitrogen and oxygen atoms in total. The Morgan fingerprint density at radius 1 is 1.20 bits per heavy atom. The molecule has 0 atom stereocenters. The predicted octanol–water partition coefficient (Wildman–Crippen LogP) is 2.67. The van der Waals surface area contributed by atoms with E-state index in [0.29, 0.717) is 19.0 Å². The number of carbonyl (C=O) groups is 1. The first-order chi connectivity index (χ1) is 11.1. The Morgan fingerprint density at radius 3 is 2.40 bits per heavy atom. The van der Waals surface area contributed by atoms with Crippen molar-refractivity contribution in [1.29, 1.82) is 0 Å². The molecule has 0 aliphatic carbocycles. The highest BCUT2D eigenvalue weighted by molar-refractivity contribution is 14.0. The summed E-state index contributed by atoms with van der Waals surface area (Å²) >= 11 is 0. The van der Waals surface area contributed by atoms with Gasteiger partial charge >= 0.3 is 6.09 Å². The lowest BCUT2D eigenvalue weighted by molar-refractivity contribution is 0.0474. The van der Waals surface area contributed by atoms with Crippen molar-refractivity contribution in [3.8, 4) is 0 Å². The molecule has 0 radical (unpaired) electrons. The lowest BCUT2D eigenvalue weighted by atomic mass is 10.1. The Morgan fingerprint density at radius 2 is 1.88 bits per heavy atom. The van der Waals surface area contributed by atoms with Crippen molar-refractivity contribution in [1.82, 2.24) is 20.9 Å². The maximum Gasteiger partial charge on any atom is 0.408 e. The molecule has 0 saturated heterocycles. The quantitative estimate of drug-likeness (QED) is 0.355. The molecule has 0 aliphatic heterocycles. The van der Waals surface area contributed by atoms with Crippen molar-refractivity contribution in [3.05, 3.63) is 30.1 Å². The van der Waals surface area contributed by atoms with Gasteiger partial charge in [-0.15, -0.1) is 24.0 Å². The topological polar surface area (TPSA) is 87.6 Å². The van der Waals surface area contributed by atoms with Crippen LogP contribution in [0.3, 0.4) is 0 Å². The fourth-order valence-corrected chi connectivity index (χ4v) is 1.83. The minimum Gasteiger partial charge on any atom is -0.444 e. The van der Waals surface area contributed by atoms with E-state index < -0.39 is 17.2 Å². The minimum absolute atomic E-state index is 0. The van der Waals surface area contributed by atoms with Gasteiger partial charge in [-0.2, -0.15) is 0 Å². The maximum absolute atomic E-state index is 11.9. The van der Waals surface area contributed by atoms with Crippen molar-refractivity contribution in [2.75, 3.05) is 13.6 Å². The fourth-order valence-electron chi connectivity index (χ4n) is 1.83. The summed E-state index contributed by atoms with van der Waals surface area (Å²) < 4.78 is 5.28. The van der Waals surface area contributed by atoms with E-state index in [1.165, 1.54) is 0 Å². The van der Waals surface area contributed by atoms with E-state index in [1.54, 1.807) is 13.2 Å². The number of aliphatic imine (C=N–C) groups is 1. The van der Waals surface area contributed by atoms with Gasteiger partial charge in [0.1, 0.15) is 5.60 Å². The maximum atomic E-state index is 11.9. The van der Waals surface area contributed by atoms with Crippen LogP contribution >= 0.6 is 24.0 Å². The van der Waals surface area contributed by atoms with Gasteiger partial charge in [0.25, 0.3) is 0 Å². The van der Waals surface area contributed by atoms with E-state index in [0.717, 1.165) is 5.69 Å². The van der Waals surface area contributed by atoms with Crippen molar-refractivity contribution in [3.63, 3.8) is 0 Å². The SMILES string of the molecule is CN=C(NCc1ccccn1)NCC(C)(C)NC(=O)OC(C)(C)C.I. The monoisotopic (exact) mass is 463 g/mol. The molecule has 3 N–H and O–H groups in total. The summed E-state index contributed by atoms with van der Waals surface area (Å²) in [6.45, 7) is 10.4. The van der Waals surface area contributed by atoms with E-state index in [9.17, 15) is 4.79 Å². The molecule has 0 aliphatic rings. The number of ether oxygens (including phenoxy) is 1. The molecular weight excluding hydrogens is 433 g/mol. The molecule has 1 aromatic heterocycles. The minimum atomic E-state index is -0.520. The van der Waals surface area contributed by atoms with Gasteiger partial charge in [-0.25, -0.2) is 4.79 Å². The highest BCUT2D eigenvalue weighted by Crippen LogP contribution is 2.09. The second-order valence-corrected chi connectivity index (χ2v) is 7.11. The van der Waals surface area contributed by atoms with Crippen LogP contribution in [0, 0.1) is 0 Å². The van der Waals surface area contributed by atoms with Gasteiger partial charge in [-0.3, -0.25) is 9.98 Å². The molecule has 0 bridgehead atoms. The van der Waals surface area contributed by atoms with Gasteiger partial charge in [0.2, 0.25) is 0 Å². The number of nitrogens with zero attached hydrogens (tertiary/aromatic N) is 2. The van der Waals surface area contributed by atoms with Crippen LogP contribution in [0.2, 0.25) is 0 Å². The molecule has 25 heavy (non-hydrogen) atoms. The van der Waals surface area contributed by atoms with Crippen molar-refractivity contribution in [2.24, 2.45) is 4.99 Å². The number of aromatic nitrogens is 1. The van der Waals surface area contributed by atoms with Crippen molar-refractivity contribution >= 4 is 36.0 Å². The van der Waals surface area contributed by atoms with Gasteiger partial charge in [0.15, 0.2) is 5.96 Å². The molecule has 1 aromatic rings. The van der Waals surface area contributed by atoms with Crippen molar-refractivity contribution in [2.45, 2.75) is 52.3 Å². The molecule has 0 spiro atoms. The van der Waals surface area contributed by atoms with Crippen molar-refractivity contribution < 1.29 is 9.53 Å². The number of hydrogen-bond acceptors (Lipinski definition) is 4. The molecule has 1 heterocycles. The summed E-state index contributed by atoms with van der Waals surface area (Å²) in [5, 5.41) is 9.22. The van der Waals surface area contributed by atoms with E-state index in [1.807, 2.05) is 52.8 Å². The Kier molecular flexibility index (Phi) is 9.76.